The number of hydrogen-bond acceptors (Lipinski definition) is 1. The number of amides is 1. The molecular formula is C14H25NO. The van der Waals surface area contributed by atoms with Gasteiger partial charge in [0.1, 0.15) is 0 Å². The summed E-state index contributed by atoms with van der Waals surface area (Å²) in [7, 11) is 0. The van der Waals surface area contributed by atoms with Crippen LogP contribution in [-0.2, 0) is 4.79 Å². The molecule has 1 amide bonds. The van der Waals surface area contributed by atoms with Gasteiger partial charge in [-0.2, -0.15) is 0 Å². The fourth-order valence-electron chi connectivity index (χ4n) is 2.73. The summed E-state index contributed by atoms with van der Waals surface area (Å²) in [5, 5.41) is 0. The zero-order valence-corrected chi connectivity index (χ0v) is 11.0. The summed E-state index contributed by atoms with van der Waals surface area (Å²) in [5.41, 5.74) is 0.667. The Bertz CT molecular complexity index is 259. The molecule has 0 N–H and O–H groups in total. The SMILES string of the molecule is C=C(C)C(=O)N(CC)C1CCCC(CC)C1. The van der Waals surface area contributed by atoms with Crippen molar-refractivity contribution in [1.82, 2.24) is 4.90 Å². The quantitative estimate of drug-likeness (QED) is 0.669. The van der Waals surface area contributed by atoms with Crippen LogP contribution in [0.2, 0.25) is 0 Å². The molecule has 16 heavy (non-hydrogen) atoms. The van der Waals surface area contributed by atoms with Crippen LogP contribution >= 0.6 is 0 Å². The van der Waals surface area contributed by atoms with Gasteiger partial charge in [-0.3, -0.25) is 4.79 Å². The van der Waals surface area contributed by atoms with E-state index in [0.717, 1.165) is 12.5 Å². The van der Waals surface area contributed by atoms with E-state index in [0.29, 0.717) is 11.6 Å². The van der Waals surface area contributed by atoms with Crippen molar-refractivity contribution in [2.45, 2.75) is 58.9 Å². The van der Waals surface area contributed by atoms with Gasteiger partial charge in [-0.1, -0.05) is 32.8 Å². The maximum Gasteiger partial charge on any atom is 0.249 e. The summed E-state index contributed by atoms with van der Waals surface area (Å²) >= 11 is 0. The average Bonchev–Trinajstić information content (AvgIpc) is 2.30. The molecule has 0 aromatic carbocycles. The predicted molar refractivity (Wildman–Crippen MR) is 68.2 cm³/mol. The van der Waals surface area contributed by atoms with Gasteiger partial charge in [0.25, 0.3) is 0 Å². The molecule has 1 rings (SSSR count). The molecule has 1 aliphatic carbocycles. The third kappa shape index (κ3) is 3.10. The van der Waals surface area contributed by atoms with Crippen molar-refractivity contribution in [3.8, 4) is 0 Å². The lowest BCUT2D eigenvalue weighted by atomic mass is 9.83. The van der Waals surface area contributed by atoms with E-state index in [1.165, 1.54) is 32.1 Å². The van der Waals surface area contributed by atoms with E-state index in [9.17, 15) is 4.79 Å². The highest BCUT2D eigenvalue weighted by molar-refractivity contribution is 5.92. The van der Waals surface area contributed by atoms with Crippen molar-refractivity contribution in [2.24, 2.45) is 5.92 Å². The largest absolute Gasteiger partial charge is 0.336 e. The predicted octanol–water partition coefficient (Wildman–Crippen LogP) is 3.38. The lowest BCUT2D eigenvalue weighted by Crippen LogP contribution is -2.43. The smallest absolute Gasteiger partial charge is 0.249 e. The van der Waals surface area contributed by atoms with Crippen molar-refractivity contribution in [2.75, 3.05) is 6.54 Å². The third-order valence-electron chi connectivity index (χ3n) is 3.74. The maximum absolute atomic E-state index is 12.0. The van der Waals surface area contributed by atoms with E-state index in [-0.39, 0.29) is 5.91 Å². The Morgan fingerprint density at radius 3 is 2.56 bits per heavy atom. The van der Waals surface area contributed by atoms with Gasteiger partial charge in [0.15, 0.2) is 0 Å². The molecule has 1 fully saturated rings. The molecular weight excluding hydrogens is 198 g/mol. The van der Waals surface area contributed by atoms with E-state index in [1.54, 1.807) is 0 Å². The monoisotopic (exact) mass is 223 g/mol. The summed E-state index contributed by atoms with van der Waals surface area (Å²) < 4.78 is 0. The minimum absolute atomic E-state index is 0.143. The van der Waals surface area contributed by atoms with E-state index in [1.807, 2.05) is 11.8 Å². The number of nitrogens with zero attached hydrogens (tertiary/aromatic N) is 1. The molecule has 1 aliphatic rings. The second-order valence-electron chi connectivity index (χ2n) is 4.97. The molecule has 2 unspecified atom stereocenters. The first-order chi connectivity index (χ1) is 7.60. The van der Waals surface area contributed by atoms with Gasteiger partial charge in [0.2, 0.25) is 5.91 Å². The Morgan fingerprint density at radius 2 is 2.06 bits per heavy atom. The molecule has 2 heteroatoms. The van der Waals surface area contributed by atoms with Gasteiger partial charge < -0.3 is 4.90 Å². The zero-order chi connectivity index (χ0) is 12.1. The van der Waals surface area contributed by atoms with Gasteiger partial charge in [-0.05, 0) is 32.6 Å². The fraction of sp³-hybridized carbons (Fsp3) is 0.786. The van der Waals surface area contributed by atoms with Crippen molar-refractivity contribution < 1.29 is 4.79 Å². The normalized spacial score (nSPS) is 25.2. The van der Waals surface area contributed by atoms with Gasteiger partial charge in [0.05, 0.1) is 0 Å². The Hall–Kier alpha value is -0.790. The number of carbonyl (C=O) groups is 1. The van der Waals surface area contributed by atoms with E-state index in [2.05, 4.69) is 20.4 Å². The summed E-state index contributed by atoms with van der Waals surface area (Å²) in [5.74, 6) is 0.954. The van der Waals surface area contributed by atoms with Crippen molar-refractivity contribution in [3.05, 3.63) is 12.2 Å². The molecule has 0 heterocycles. The first kappa shape index (κ1) is 13.3. The summed E-state index contributed by atoms with van der Waals surface area (Å²) in [6.07, 6.45) is 6.21. The van der Waals surface area contributed by atoms with Gasteiger partial charge >= 0.3 is 0 Å². The van der Waals surface area contributed by atoms with Crippen LogP contribution in [0.15, 0.2) is 12.2 Å². The van der Waals surface area contributed by atoms with Crippen LogP contribution < -0.4 is 0 Å². The van der Waals surface area contributed by atoms with Crippen LogP contribution in [-0.4, -0.2) is 23.4 Å². The lowest BCUT2D eigenvalue weighted by Gasteiger charge is -2.37. The Kier molecular flexibility index (Phi) is 5.04. The fourth-order valence-corrected chi connectivity index (χ4v) is 2.73. The molecule has 0 aromatic rings. The average molecular weight is 223 g/mol. The van der Waals surface area contributed by atoms with Crippen LogP contribution in [0.4, 0.5) is 0 Å². The molecule has 0 radical (unpaired) electrons. The first-order valence-corrected chi connectivity index (χ1v) is 6.56. The Morgan fingerprint density at radius 1 is 1.38 bits per heavy atom. The minimum atomic E-state index is 0.143. The molecule has 92 valence electrons. The summed E-state index contributed by atoms with van der Waals surface area (Å²) in [6.45, 7) is 10.7. The van der Waals surface area contributed by atoms with E-state index < -0.39 is 0 Å². The maximum atomic E-state index is 12.0. The first-order valence-electron chi connectivity index (χ1n) is 6.56. The highest BCUT2D eigenvalue weighted by atomic mass is 16.2. The third-order valence-corrected chi connectivity index (χ3v) is 3.74. The van der Waals surface area contributed by atoms with Crippen LogP contribution in [0.25, 0.3) is 0 Å². The zero-order valence-electron chi connectivity index (χ0n) is 11.0. The van der Waals surface area contributed by atoms with Gasteiger partial charge in [0, 0.05) is 18.2 Å². The van der Waals surface area contributed by atoms with Crippen LogP contribution in [0.1, 0.15) is 52.9 Å². The van der Waals surface area contributed by atoms with Gasteiger partial charge in [-0.15, -0.1) is 0 Å². The van der Waals surface area contributed by atoms with Gasteiger partial charge in [-0.25, -0.2) is 0 Å². The number of rotatable bonds is 4. The summed E-state index contributed by atoms with van der Waals surface area (Å²) in [6, 6.07) is 0.452. The van der Waals surface area contributed by atoms with E-state index in [4.69, 9.17) is 0 Å². The second kappa shape index (κ2) is 6.07. The van der Waals surface area contributed by atoms with Crippen molar-refractivity contribution in [3.63, 3.8) is 0 Å². The highest BCUT2D eigenvalue weighted by Gasteiger charge is 2.27. The standard InChI is InChI=1S/C14H25NO/c1-5-12-8-7-9-13(10-12)15(6-2)14(16)11(3)4/h12-13H,3,5-10H2,1-2,4H3. The molecule has 0 aliphatic heterocycles. The number of hydrogen-bond donors (Lipinski definition) is 0. The number of carbonyl (C=O) groups excluding carboxylic acids is 1. The molecule has 0 saturated heterocycles. The topological polar surface area (TPSA) is 20.3 Å². The molecule has 0 aromatic heterocycles. The lowest BCUT2D eigenvalue weighted by molar-refractivity contribution is -0.130. The summed E-state index contributed by atoms with van der Waals surface area (Å²) in [4.78, 5) is 14.0. The van der Waals surface area contributed by atoms with Crippen molar-refractivity contribution >= 4 is 5.91 Å². The van der Waals surface area contributed by atoms with Crippen LogP contribution in [0.5, 0.6) is 0 Å². The van der Waals surface area contributed by atoms with Crippen LogP contribution in [0.3, 0.4) is 0 Å². The molecule has 1 saturated carbocycles. The Labute approximate surface area is 99.7 Å². The molecule has 2 atom stereocenters. The van der Waals surface area contributed by atoms with E-state index >= 15 is 0 Å². The molecule has 0 bridgehead atoms. The highest BCUT2D eigenvalue weighted by Crippen LogP contribution is 2.30. The second-order valence-corrected chi connectivity index (χ2v) is 4.97. The number of likely N-dealkylation sites (N-methyl/N-ethyl adjacent to an activating group) is 1. The Balaban J connectivity index is 2.65. The van der Waals surface area contributed by atoms with Crippen LogP contribution in [0, 0.1) is 5.92 Å². The molecule has 0 spiro atoms. The molecule has 2 nitrogen and oxygen atoms in total. The van der Waals surface area contributed by atoms with Crippen molar-refractivity contribution in [1.29, 1.82) is 0 Å². The minimum Gasteiger partial charge on any atom is -0.336 e.